The monoisotopic (exact) mass is 368 g/mol. The SMILES string of the molecule is Fc1cccc(CSc2nnc(CN3CCCC3)n2-c2ccccc2)c1. The Morgan fingerprint density at radius 3 is 2.54 bits per heavy atom. The summed E-state index contributed by atoms with van der Waals surface area (Å²) in [5, 5.41) is 9.73. The number of benzene rings is 2. The molecule has 134 valence electrons. The molecule has 1 saturated heterocycles. The van der Waals surface area contributed by atoms with E-state index in [-0.39, 0.29) is 5.82 Å². The standard InChI is InChI=1S/C20H21FN4S/c21-17-8-6-7-16(13-17)15-26-20-23-22-19(14-24-11-4-5-12-24)25(20)18-9-2-1-3-10-18/h1-3,6-10,13H,4-5,11-12,14-15H2. The smallest absolute Gasteiger partial charge is 0.196 e. The topological polar surface area (TPSA) is 34.0 Å². The molecule has 4 nitrogen and oxygen atoms in total. The average molecular weight is 368 g/mol. The molecule has 0 N–H and O–H groups in total. The zero-order valence-corrected chi connectivity index (χ0v) is 15.3. The van der Waals surface area contributed by atoms with Gasteiger partial charge in [-0.2, -0.15) is 0 Å². The van der Waals surface area contributed by atoms with Gasteiger partial charge in [0.05, 0.1) is 6.54 Å². The van der Waals surface area contributed by atoms with Crippen molar-refractivity contribution in [3.05, 3.63) is 71.8 Å². The molecule has 1 fully saturated rings. The Morgan fingerprint density at radius 2 is 1.77 bits per heavy atom. The van der Waals surface area contributed by atoms with E-state index >= 15 is 0 Å². The van der Waals surface area contributed by atoms with Gasteiger partial charge in [0.2, 0.25) is 0 Å². The quantitative estimate of drug-likeness (QED) is 0.608. The Balaban J connectivity index is 1.60. The molecule has 1 aromatic heterocycles. The first-order valence-corrected chi connectivity index (χ1v) is 9.87. The maximum atomic E-state index is 13.4. The molecule has 3 aromatic rings. The van der Waals surface area contributed by atoms with E-state index in [2.05, 4.69) is 31.8 Å². The first-order chi connectivity index (χ1) is 12.8. The van der Waals surface area contributed by atoms with E-state index < -0.39 is 0 Å². The van der Waals surface area contributed by atoms with Gasteiger partial charge in [-0.15, -0.1) is 10.2 Å². The number of rotatable bonds is 6. The van der Waals surface area contributed by atoms with Gasteiger partial charge in [-0.05, 0) is 55.8 Å². The lowest BCUT2D eigenvalue weighted by Crippen LogP contribution is -2.21. The van der Waals surface area contributed by atoms with E-state index in [1.165, 1.54) is 18.9 Å². The van der Waals surface area contributed by atoms with Gasteiger partial charge in [-0.1, -0.05) is 42.1 Å². The molecule has 4 rings (SSSR count). The van der Waals surface area contributed by atoms with Crippen molar-refractivity contribution in [2.75, 3.05) is 13.1 Å². The van der Waals surface area contributed by atoms with Gasteiger partial charge in [-0.3, -0.25) is 9.47 Å². The minimum absolute atomic E-state index is 0.206. The van der Waals surface area contributed by atoms with Crippen LogP contribution in [0.25, 0.3) is 5.69 Å². The Hall–Kier alpha value is -2.18. The molecule has 0 amide bonds. The summed E-state index contributed by atoms with van der Waals surface area (Å²) in [6.45, 7) is 3.04. The van der Waals surface area contributed by atoms with Gasteiger partial charge in [-0.25, -0.2) is 4.39 Å². The summed E-state index contributed by atoms with van der Waals surface area (Å²) >= 11 is 1.59. The predicted octanol–water partition coefficient (Wildman–Crippen LogP) is 4.29. The predicted molar refractivity (Wildman–Crippen MR) is 102 cm³/mol. The van der Waals surface area contributed by atoms with Crippen LogP contribution in [0.5, 0.6) is 0 Å². The molecule has 0 atom stereocenters. The van der Waals surface area contributed by atoms with Crippen LogP contribution in [0.1, 0.15) is 24.2 Å². The first-order valence-electron chi connectivity index (χ1n) is 8.89. The highest BCUT2D eigenvalue weighted by atomic mass is 32.2. The van der Waals surface area contributed by atoms with Crippen LogP contribution in [0.2, 0.25) is 0 Å². The van der Waals surface area contributed by atoms with E-state index in [0.717, 1.165) is 41.9 Å². The molecule has 26 heavy (non-hydrogen) atoms. The number of thioether (sulfide) groups is 1. The molecule has 0 unspecified atom stereocenters. The molecule has 1 aliphatic heterocycles. The van der Waals surface area contributed by atoms with Crippen molar-refractivity contribution in [3.8, 4) is 5.69 Å². The molecule has 0 radical (unpaired) electrons. The van der Waals surface area contributed by atoms with Gasteiger partial charge in [0.15, 0.2) is 11.0 Å². The second-order valence-electron chi connectivity index (χ2n) is 6.47. The van der Waals surface area contributed by atoms with E-state index in [1.807, 2.05) is 24.3 Å². The minimum atomic E-state index is -0.206. The summed E-state index contributed by atoms with van der Waals surface area (Å²) < 4.78 is 15.5. The number of para-hydroxylation sites is 1. The summed E-state index contributed by atoms with van der Waals surface area (Å²) in [6.07, 6.45) is 2.50. The van der Waals surface area contributed by atoms with Gasteiger partial charge < -0.3 is 0 Å². The lowest BCUT2D eigenvalue weighted by molar-refractivity contribution is 0.319. The number of hydrogen-bond donors (Lipinski definition) is 0. The van der Waals surface area contributed by atoms with Crippen molar-refractivity contribution < 1.29 is 4.39 Å². The minimum Gasteiger partial charge on any atom is -0.296 e. The van der Waals surface area contributed by atoms with Gasteiger partial charge in [0.1, 0.15) is 5.82 Å². The largest absolute Gasteiger partial charge is 0.296 e. The second-order valence-corrected chi connectivity index (χ2v) is 7.41. The molecule has 2 aromatic carbocycles. The Bertz CT molecular complexity index is 859. The third kappa shape index (κ3) is 3.97. The molecule has 6 heteroatoms. The summed E-state index contributed by atoms with van der Waals surface area (Å²) in [6, 6.07) is 16.9. The first kappa shape index (κ1) is 17.2. The van der Waals surface area contributed by atoms with Gasteiger partial charge >= 0.3 is 0 Å². The van der Waals surface area contributed by atoms with E-state index in [1.54, 1.807) is 23.9 Å². The summed E-state index contributed by atoms with van der Waals surface area (Å²) in [7, 11) is 0. The lowest BCUT2D eigenvalue weighted by Gasteiger charge is -2.16. The fourth-order valence-electron chi connectivity index (χ4n) is 3.25. The molecule has 0 bridgehead atoms. The number of hydrogen-bond acceptors (Lipinski definition) is 4. The van der Waals surface area contributed by atoms with E-state index in [4.69, 9.17) is 0 Å². The molecule has 2 heterocycles. The normalized spacial score (nSPS) is 14.8. The van der Waals surface area contributed by atoms with Crippen LogP contribution in [0, 0.1) is 5.82 Å². The molecular weight excluding hydrogens is 347 g/mol. The van der Waals surface area contributed by atoms with Crippen LogP contribution in [0.15, 0.2) is 59.8 Å². The van der Waals surface area contributed by atoms with E-state index in [0.29, 0.717) is 5.75 Å². The van der Waals surface area contributed by atoms with Crippen LogP contribution >= 0.6 is 11.8 Å². The van der Waals surface area contributed by atoms with Crippen molar-refractivity contribution in [2.45, 2.75) is 30.3 Å². The van der Waals surface area contributed by atoms with Crippen molar-refractivity contribution >= 4 is 11.8 Å². The number of aromatic nitrogens is 3. The highest BCUT2D eigenvalue weighted by Gasteiger charge is 2.19. The fourth-order valence-corrected chi connectivity index (χ4v) is 4.16. The van der Waals surface area contributed by atoms with Crippen LogP contribution in [0.3, 0.4) is 0 Å². The lowest BCUT2D eigenvalue weighted by atomic mass is 10.2. The highest BCUT2D eigenvalue weighted by Crippen LogP contribution is 2.26. The van der Waals surface area contributed by atoms with Crippen LogP contribution in [-0.4, -0.2) is 32.8 Å². The summed E-state index contributed by atoms with van der Waals surface area (Å²) in [4.78, 5) is 2.42. The second kappa shape index (κ2) is 8.01. The maximum Gasteiger partial charge on any atom is 0.196 e. The Morgan fingerprint density at radius 1 is 0.962 bits per heavy atom. The maximum absolute atomic E-state index is 13.4. The van der Waals surface area contributed by atoms with Crippen molar-refractivity contribution in [1.29, 1.82) is 0 Å². The number of nitrogens with zero attached hydrogens (tertiary/aromatic N) is 4. The molecule has 0 saturated carbocycles. The zero-order chi connectivity index (χ0) is 17.8. The van der Waals surface area contributed by atoms with Crippen molar-refractivity contribution in [1.82, 2.24) is 19.7 Å². The molecule has 1 aliphatic rings. The molecular formula is C20H21FN4S. The fraction of sp³-hybridized carbons (Fsp3) is 0.300. The third-order valence-corrected chi connectivity index (χ3v) is 5.54. The molecule has 0 spiro atoms. The van der Waals surface area contributed by atoms with Crippen LogP contribution in [-0.2, 0) is 12.3 Å². The highest BCUT2D eigenvalue weighted by molar-refractivity contribution is 7.98. The van der Waals surface area contributed by atoms with E-state index in [9.17, 15) is 4.39 Å². The van der Waals surface area contributed by atoms with Gasteiger partial charge in [0, 0.05) is 11.4 Å². The number of halogens is 1. The zero-order valence-electron chi connectivity index (χ0n) is 14.5. The van der Waals surface area contributed by atoms with Gasteiger partial charge in [0.25, 0.3) is 0 Å². The Kier molecular flexibility index (Phi) is 5.32. The van der Waals surface area contributed by atoms with Crippen LogP contribution in [0.4, 0.5) is 4.39 Å². The van der Waals surface area contributed by atoms with Crippen molar-refractivity contribution in [2.24, 2.45) is 0 Å². The Labute approximate surface area is 157 Å². The van der Waals surface area contributed by atoms with Crippen molar-refractivity contribution in [3.63, 3.8) is 0 Å². The number of likely N-dealkylation sites (tertiary alicyclic amines) is 1. The summed E-state index contributed by atoms with van der Waals surface area (Å²) in [5.74, 6) is 1.41. The average Bonchev–Trinajstić information content (AvgIpc) is 3.31. The molecule has 0 aliphatic carbocycles. The van der Waals surface area contributed by atoms with Crippen LogP contribution < -0.4 is 0 Å². The summed E-state index contributed by atoms with van der Waals surface area (Å²) in [5.41, 5.74) is 2.01. The third-order valence-electron chi connectivity index (χ3n) is 4.54.